The van der Waals surface area contributed by atoms with Crippen molar-refractivity contribution in [3.63, 3.8) is 0 Å². The second-order valence-electron chi connectivity index (χ2n) is 5.95. The predicted molar refractivity (Wildman–Crippen MR) is 105 cm³/mol. The molecule has 2 heteroatoms. The number of hydrogen-bond donors (Lipinski definition) is 1. The molecular weight excluding hydrogens is 306 g/mol. The van der Waals surface area contributed by atoms with Crippen molar-refractivity contribution in [3.8, 4) is 0 Å². The van der Waals surface area contributed by atoms with Crippen molar-refractivity contribution in [2.75, 3.05) is 0 Å². The smallest absolute Gasteiger partial charge is 0.109 e. The highest BCUT2D eigenvalue weighted by Crippen LogP contribution is 2.21. The Morgan fingerprint density at radius 1 is 0.720 bits per heavy atom. The summed E-state index contributed by atoms with van der Waals surface area (Å²) in [5.41, 5.74) is 2.52. The summed E-state index contributed by atoms with van der Waals surface area (Å²) in [7, 11) is 0. The number of benzene rings is 4. The van der Waals surface area contributed by atoms with Crippen LogP contribution in [0.4, 0.5) is 0 Å². The van der Waals surface area contributed by atoms with Crippen LogP contribution < -0.4 is 0 Å². The van der Waals surface area contributed by atoms with Gasteiger partial charge in [0.2, 0.25) is 0 Å². The lowest BCUT2D eigenvalue weighted by atomic mass is 10.0. The Morgan fingerprint density at radius 3 is 2.28 bits per heavy atom. The molecule has 0 aliphatic heterocycles. The second kappa shape index (κ2) is 6.62. The Hall–Kier alpha value is -3.39. The highest BCUT2D eigenvalue weighted by atomic mass is 16.4. The van der Waals surface area contributed by atoms with E-state index in [9.17, 15) is 5.21 Å². The Morgan fingerprint density at radius 2 is 1.44 bits per heavy atom. The van der Waals surface area contributed by atoms with Crippen LogP contribution in [-0.2, 0) is 0 Å². The van der Waals surface area contributed by atoms with Crippen molar-refractivity contribution in [1.82, 2.24) is 0 Å². The maximum absolute atomic E-state index is 9.48. The molecule has 0 amide bonds. The average Bonchev–Trinajstić information content (AvgIpc) is 2.68. The Labute approximate surface area is 146 Å². The molecular formula is C23H17NO. The van der Waals surface area contributed by atoms with Crippen LogP contribution in [0, 0.1) is 0 Å². The van der Waals surface area contributed by atoms with Gasteiger partial charge in [-0.25, -0.2) is 0 Å². The van der Waals surface area contributed by atoms with E-state index < -0.39 is 0 Å². The molecule has 0 atom stereocenters. The number of hydrogen-bond acceptors (Lipinski definition) is 2. The number of allylic oxidation sites excluding steroid dienone is 1. The zero-order valence-corrected chi connectivity index (χ0v) is 13.6. The van der Waals surface area contributed by atoms with Gasteiger partial charge in [0.05, 0.1) is 0 Å². The Balaban J connectivity index is 1.72. The number of nitrogens with zero attached hydrogens (tertiary/aromatic N) is 1. The molecule has 0 fully saturated rings. The van der Waals surface area contributed by atoms with E-state index in [0.717, 1.165) is 16.5 Å². The number of fused-ring (bicyclic) bond motifs is 2. The minimum absolute atomic E-state index is 0.540. The number of oxime groups is 1. The summed E-state index contributed by atoms with van der Waals surface area (Å²) in [5.74, 6) is 0. The topological polar surface area (TPSA) is 32.6 Å². The first-order chi connectivity index (χ1) is 12.3. The molecule has 4 aromatic carbocycles. The molecule has 0 heterocycles. The van der Waals surface area contributed by atoms with E-state index in [4.69, 9.17) is 0 Å². The lowest BCUT2D eigenvalue weighted by molar-refractivity contribution is 0.320. The fraction of sp³-hybridized carbons (Fsp3) is 0. The van der Waals surface area contributed by atoms with Crippen LogP contribution in [0.25, 0.3) is 27.6 Å². The maximum atomic E-state index is 9.48. The molecule has 2 nitrogen and oxygen atoms in total. The van der Waals surface area contributed by atoms with Gasteiger partial charge in [0.1, 0.15) is 5.71 Å². The van der Waals surface area contributed by atoms with Gasteiger partial charge in [-0.3, -0.25) is 0 Å². The minimum atomic E-state index is 0.540. The van der Waals surface area contributed by atoms with Crippen molar-refractivity contribution in [1.29, 1.82) is 0 Å². The van der Waals surface area contributed by atoms with Gasteiger partial charge in [-0.1, -0.05) is 90.1 Å². The molecule has 0 aromatic heterocycles. The highest BCUT2D eigenvalue weighted by molar-refractivity contribution is 6.12. The van der Waals surface area contributed by atoms with Gasteiger partial charge in [0, 0.05) is 5.56 Å². The van der Waals surface area contributed by atoms with Gasteiger partial charge in [-0.15, -0.1) is 0 Å². The van der Waals surface area contributed by atoms with E-state index in [-0.39, 0.29) is 0 Å². The van der Waals surface area contributed by atoms with Crippen molar-refractivity contribution >= 4 is 33.3 Å². The minimum Gasteiger partial charge on any atom is -0.410 e. The first kappa shape index (κ1) is 15.2. The molecule has 0 radical (unpaired) electrons. The third-order valence-corrected chi connectivity index (χ3v) is 4.40. The summed E-state index contributed by atoms with van der Waals surface area (Å²) < 4.78 is 0. The first-order valence-corrected chi connectivity index (χ1v) is 8.22. The summed E-state index contributed by atoms with van der Waals surface area (Å²) in [4.78, 5) is 0. The van der Waals surface area contributed by atoms with Crippen molar-refractivity contribution in [3.05, 3.63) is 102 Å². The quantitative estimate of drug-likeness (QED) is 0.285. The van der Waals surface area contributed by atoms with Crippen molar-refractivity contribution < 1.29 is 5.21 Å². The van der Waals surface area contributed by atoms with Gasteiger partial charge in [-0.05, 0) is 39.3 Å². The van der Waals surface area contributed by atoms with Gasteiger partial charge < -0.3 is 5.21 Å². The van der Waals surface area contributed by atoms with Crippen molar-refractivity contribution in [2.45, 2.75) is 0 Å². The molecule has 0 bridgehead atoms. The molecule has 0 spiro atoms. The van der Waals surface area contributed by atoms with Crippen LogP contribution in [0.3, 0.4) is 0 Å². The molecule has 0 aliphatic carbocycles. The van der Waals surface area contributed by atoms with Crippen LogP contribution in [0.2, 0.25) is 0 Å². The fourth-order valence-corrected chi connectivity index (χ4v) is 3.10. The summed E-state index contributed by atoms with van der Waals surface area (Å²) in [6.07, 6.45) is 3.85. The summed E-state index contributed by atoms with van der Waals surface area (Å²) in [6.45, 7) is 0. The fourth-order valence-electron chi connectivity index (χ4n) is 3.10. The maximum Gasteiger partial charge on any atom is 0.109 e. The van der Waals surface area contributed by atoms with E-state index in [1.54, 1.807) is 0 Å². The SMILES string of the molecule is ON=C(C=Cc1cccc2ccccc12)c1ccc2ccccc2c1. The Kier molecular flexibility index (Phi) is 4.01. The highest BCUT2D eigenvalue weighted by Gasteiger charge is 2.03. The van der Waals surface area contributed by atoms with Crippen LogP contribution in [0.15, 0.2) is 96.2 Å². The molecule has 0 saturated carbocycles. The van der Waals surface area contributed by atoms with E-state index in [1.165, 1.54) is 16.2 Å². The van der Waals surface area contributed by atoms with Crippen LogP contribution >= 0.6 is 0 Å². The third-order valence-electron chi connectivity index (χ3n) is 4.40. The molecule has 1 N–H and O–H groups in total. The van der Waals surface area contributed by atoms with E-state index in [2.05, 4.69) is 41.6 Å². The first-order valence-electron chi connectivity index (χ1n) is 8.22. The summed E-state index contributed by atoms with van der Waals surface area (Å²) in [6, 6.07) is 28.7. The van der Waals surface area contributed by atoms with Crippen LogP contribution in [0.1, 0.15) is 11.1 Å². The van der Waals surface area contributed by atoms with Gasteiger partial charge in [0.15, 0.2) is 0 Å². The largest absolute Gasteiger partial charge is 0.410 e. The van der Waals surface area contributed by atoms with E-state index >= 15 is 0 Å². The zero-order chi connectivity index (χ0) is 17.1. The molecule has 0 unspecified atom stereocenters. The van der Waals surface area contributed by atoms with Gasteiger partial charge >= 0.3 is 0 Å². The van der Waals surface area contributed by atoms with E-state index in [0.29, 0.717) is 5.71 Å². The Bertz CT molecular complexity index is 1100. The van der Waals surface area contributed by atoms with Crippen LogP contribution in [0.5, 0.6) is 0 Å². The predicted octanol–water partition coefficient (Wildman–Crippen LogP) is 5.88. The number of rotatable bonds is 3. The average molecular weight is 323 g/mol. The monoisotopic (exact) mass is 323 g/mol. The standard InChI is InChI=1S/C23H17NO/c25-24-23(21-13-12-17-6-1-2-8-20(17)16-21)15-14-19-10-5-9-18-7-3-4-11-22(18)19/h1-16,25H. The normalized spacial score (nSPS) is 12.2. The molecule has 0 saturated heterocycles. The van der Waals surface area contributed by atoms with Gasteiger partial charge in [0.25, 0.3) is 0 Å². The van der Waals surface area contributed by atoms with Crippen molar-refractivity contribution in [2.24, 2.45) is 5.16 Å². The lowest BCUT2D eigenvalue weighted by Gasteiger charge is -2.04. The van der Waals surface area contributed by atoms with E-state index in [1.807, 2.05) is 60.7 Å². The molecule has 4 rings (SSSR count). The van der Waals surface area contributed by atoms with Gasteiger partial charge in [-0.2, -0.15) is 0 Å². The summed E-state index contributed by atoms with van der Waals surface area (Å²) in [5, 5.41) is 17.6. The molecule has 0 aliphatic rings. The second-order valence-corrected chi connectivity index (χ2v) is 5.95. The molecule has 25 heavy (non-hydrogen) atoms. The summed E-state index contributed by atoms with van der Waals surface area (Å²) >= 11 is 0. The molecule has 4 aromatic rings. The zero-order valence-electron chi connectivity index (χ0n) is 13.6. The molecule has 120 valence electrons. The van der Waals surface area contributed by atoms with Crippen LogP contribution in [-0.4, -0.2) is 10.9 Å². The third kappa shape index (κ3) is 3.02. The lowest BCUT2D eigenvalue weighted by Crippen LogP contribution is -1.96.